The molecule has 0 atom stereocenters. The molecular formula is C45H33BO5. The number of aromatic hydroxyl groups is 4. The van der Waals surface area contributed by atoms with E-state index in [9.17, 15) is 20.4 Å². The largest absolute Gasteiger partial charge is 0.505 e. The van der Waals surface area contributed by atoms with E-state index in [0.717, 1.165) is 76.9 Å². The van der Waals surface area contributed by atoms with E-state index in [2.05, 4.69) is 54.6 Å². The summed E-state index contributed by atoms with van der Waals surface area (Å²) in [6.07, 6.45) is 0. The van der Waals surface area contributed by atoms with E-state index in [-0.39, 0.29) is 23.0 Å². The fourth-order valence-corrected chi connectivity index (χ4v) is 8.11. The van der Waals surface area contributed by atoms with Gasteiger partial charge in [-0.2, -0.15) is 0 Å². The smallest absolute Gasteiger partial charge is 0.165 e. The Labute approximate surface area is 294 Å². The van der Waals surface area contributed by atoms with Gasteiger partial charge in [-0.25, -0.2) is 0 Å². The molecule has 0 saturated heterocycles. The number of benzene rings is 8. The molecule has 1 heterocycles. The molecule has 0 fully saturated rings. The van der Waals surface area contributed by atoms with Crippen molar-refractivity contribution in [3.8, 4) is 56.4 Å². The molecule has 5 nitrogen and oxygen atoms in total. The van der Waals surface area contributed by atoms with Crippen LogP contribution in [0.25, 0.3) is 87.6 Å². The molecule has 51 heavy (non-hydrogen) atoms. The van der Waals surface area contributed by atoms with E-state index < -0.39 is 0 Å². The zero-order chi connectivity index (χ0) is 35.3. The van der Waals surface area contributed by atoms with Gasteiger partial charge in [-0.1, -0.05) is 84.9 Å². The van der Waals surface area contributed by atoms with Gasteiger partial charge in [0, 0.05) is 32.8 Å². The van der Waals surface area contributed by atoms with Crippen molar-refractivity contribution in [1.82, 2.24) is 0 Å². The Balaban J connectivity index is 1.52. The first-order chi connectivity index (χ1) is 24.7. The first-order valence-electron chi connectivity index (χ1n) is 17.0. The highest BCUT2D eigenvalue weighted by Gasteiger charge is 2.29. The highest BCUT2D eigenvalue weighted by atomic mass is 16.3. The predicted octanol–water partition coefficient (Wildman–Crippen LogP) is 10.1. The fourth-order valence-electron chi connectivity index (χ4n) is 8.11. The lowest BCUT2D eigenvalue weighted by atomic mass is 9.76. The minimum absolute atomic E-state index is 0.190. The molecule has 0 aliphatic carbocycles. The molecule has 0 radical (unpaired) electrons. The van der Waals surface area contributed by atoms with Gasteiger partial charge in [-0.05, 0) is 111 Å². The molecule has 0 aliphatic rings. The minimum atomic E-state index is -0.240. The number of rotatable bonds is 3. The number of hydrogen-bond acceptors (Lipinski definition) is 5. The van der Waals surface area contributed by atoms with Crippen LogP contribution in [-0.4, -0.2) is 28.3 Å². The third kappa shape index (κ3) is 4.29. The van der Waals surface area contributed by atoms with Gasteiger partial charge >= 0.3 is 0 Å². The van der Waals surface area contributed by atoms with Crippen LogP contribution in [0.2, 0.25) is 0 Å². The number of fused-ring (bicyclic) bond motifs is 6. The Bertz CT molecular complexity index is 2860. The summed E-state index contributed by atoms with van der Waals surface area (Å²) in [6, 6.07) is 36.6. The van der Waals surface area contributed by atoms with Crippen molar-refractivity contribution < 1.29 is 24.8 Å². The highest BCUT2D eigenvalue weighted by molar-refractivity contribution is 6.39. The van der Waals surface area contributed by atoms with Crippen LogP contribution in [0.15, 0.2) is 114 Å². The van der Waals surface area contributed by atoms with E-state index in [1.165, 1.54) is 0 Å². The summed E-state index contributed by atoms with van der Waals surface area (Å²) < 4.78 is 6.35. The Morgan fingerprint density at radius 1 is 0.451 bits per heavy atom. The summed E-state index contributed by atoms with van der Waals surface area (Å²) in [7, 11) is 1.81. The average Bonchev–Trinajstić information content (AvgIpc) is 3.52. The molecule has 0 unspecified atom stereocenters. The van der Waals surface area contributed by atoms with Crippen LogP contribution in [0.5, 0.6) is 23.0 Å². The summed E-state index contributed by atoms with van der Waals surface area (Å²) in [5, 5.41) is 53.2. The maximum Gasteiger partial charge on any atom is 0.165 e. The van der Waals surface area contributed by atoms with Gasteiger partial charge in [0.1, 0.15) is 19.0 Å². The van der Waals surface area contributed by atoms with Crippen LogP contribution in [0.3, 0.4) is 0 Å². The molecule has 0 bridgehead atoms. The Hall–Kier alpha value is -6.40. The molecule has 0 spiro atoms. The Morgan fingerprint density at radius 2 is 1.02 bits per heavy atom. The third-order valence-corrected chi connectivity index (χ3v) is 10.8. The van der Waals surface area contributed by atoms with Gasteiger partial charge < -0.3 is 24.8 Å². The number of phenolic OH excluding ortho intramolecular Hbond substituents is 4. The number of aryl methyl sites for hydroxylation is 3. The van der Waals surface area contributed by atoms with Gasteiger partial charge in [0.25, 0.3) is 0 Å². The van der Waals surface area contributed by atoms with Gasteiger partial charge in [0.05, 0.1) is 0 Å². The van der Waals surface area contributed by atoms with E-state index in [4.69, 9.17) is 4.42 Å². The molecule has 6 heteroatoms. The SMILES string of the molecule is Bc1c(O)c(O)c2c(-c3ccc4oc5cc6ccccc6cc5c4c3)c3c(C)c(O)c(O)c(C)c3c(-c3ccccc3-c3ccccc3)c2c1C. The van der Waals surface area contributed by atoms with Crippen molar-refractivity contribution in [2.45, 2.75) is 20.8 Å². The normalized spacial score (nSPS) is 11.8. The molecule has 1 aromatic heterocycles. The monoisotopic (exact) mass is 664 g/mol. The first-order valence-corrected chi connectivity index (χ1v) is 17.0. The fraction of sp³-hybridized carbons (Fsp3) is 0.0667. The van der Waals surface area contributed by atoms with Crippen molar-refractivity contribution in [3.63, 3.8) is 0 Å². The lowest BCUT2D eigenvalue weighted by Crippen LogP contribution is -2.10. The highest BCUT2D eigenvalue weighted by Crippen LogP contribution is 2.55. The molecular weight excluding hydrogens is 631 g/mol. The molecule has 0 aliphatic heterocycles. The van der Waals surface area contributed by atoms with Crippen molar-refractivity contribution in [1.29, 1.82) is 0 Å². The second kappa shape index (κ2) is 11.1. The predicted molar refractivity (Wildman–Crippen MR) is 212 cm³/mol. The van der Waals surface area contributed by atoms with E-state index in [1.54, 1.807) is 14.8 Å². The molecule has 0 amide bonds. The summed E-state index contributed by atoms with van der Waals surface area (Å²) in [4.78, 5) is 0. The number of hydrogen-bond donors (Lipinski definition) is 4. The zero-order valence-corrected chi connectivity index (χ0v) is 28.6. The van der Waals surface area contributed by atoms with Crippen molar-refractivity contribution in [2.24, 2.45) is 0 Å². The lowest BCUT2D eigenvalue weighted by Gasteiger charge is -2.26. The van der Waals surface area contributed by atoms with Crippen LogP contribution >= 0.6 is 0 Å². The van der Waals surface area contributed by atoms with Gasteiger partial charge in [0.2, 0.25) is 0 Å². The molecule has 246 valence electrons. The Kier molecular flexibility index (Phi) is 6.65. The van der Waals surface area contributed by atoms with Gasteiger partial charge in [0.15, 0.2) is 23.0 Å². The van der Waals surface area contributed by atoms with Crippen LogP contribution < -0.4 is 5.46 Å². The van der Waals surface area contributed by atoms with Crippen molar-refractivity contribution in [3.05, 3.63) is 126 Å². The molecule has 9 aromatic rings. The van der Waals surface area contributed by atoms with Crippen LogP contribution in [0.4, 0.5) is 0 Å². The maximum atomic E-state index is 12.1. The zero-order valence-electron chi connectivity index (χ0n) is 28.6. The molecule has 4 N–H and O–H groups in total. The van der Waals surface area contributed by atoms with E-state index in [1.807, 2.05) is 68.4 Å². The summed E-state index contributed by atoms with van der Waals surface area (Å²) in [5.74, 6) is -0.848. The molecule has 9 rings (SSSR count). The molecule has 0 saturated carbocycles. The maximum absolute atomic E-state index is 12.1. The standard InChI is InChI=1S/C45H33BO5/c1-22-35-39(30-16-10-9-15-29(30)25-11-5-4-6-12-25)37-24(3)43(48)42(47)23(2)36(37)38(40(35)44(49)45(50)41(22)46)28-17-18-33-31(20-28)32-19-26-13-7-8-14-27(26)21-34(32)51-33/h4-21,47-50H,46H2,1-3H3. The lowest BCUT2D eigenvalue weighted by molar-refractivity contribution is 0.400. The number of phenols is 4. The quantitative estimate of drug-likeness (QED) is 0.0857. The second-order valence-corrected chi connectivity index (χ2v) is 13.6. The van der Waals surface area contributed by atoms with E-state index in [0.29, 0.717) is 32.9 Å². The van der Waals surface area contributed by atoms with Crippen LogP contribution in [0.1, 0.15) is 16.7 Å². The van der Waals surface area contributed by atoms with Gasteiger partial charge in [-0.15, -0.1) is 0 Å². The van der Waals surface area contributed by atoms with Crippen molar-refractivity contribution >= 4 is 67.6 Å². The number of furan rings is 1. The molecule has 8 aromatic carbocycles. The minimum Gasteiger partial charge on any atom is -0.505 e. The third-order valence-electron chi connectivity index (χ3n) is 10.8. The van der Waals surface area contributed by atoms with E-state index >= 15 is 0 Å². The summed E-state index contributed by atoms with van der Waals surface area (Å²) in [6.45, 7) is 5.57. The van der Waals surface area contributed by atoms with Crippen LogP contribution in [0, 0.1) is 20.8 Å². The second-order valence-electron chi connectivity index (χ2n) is 13.6. The van der Waals surface area contributed by atoms with Gasteiger partial charge in [-0.3, -0.25) is 0 Å². The van der Waals surface area contributed by atoms with Crippen LogP contribution in [-0.2, 0) is 0 Å². The summed E-state index contributed by atoms with van der Waals surface area (Å²) >= 11 is 0. The summed E-state index contributed by atoms with van der Waals surface area (Å²) in [5.41, 5.74) is 8.92. The van der Waals surface area contributed by atoms with Crippen molar-refractivity contribution in [2.75, 3.05) is 0 Å². The average molecular weight is 665 g/mol. The Morgan fingerprint density at radius 3 is 1.73 bits per heavy atom. The first kappa shape index (κ1) is 30.6. The topological polar surface area (TPSA) is 94.1 Å².